The van der Waals surface area contributed by atoms with Gasteiger partial charge in [-0.1, -0.05) is 12.7 Å². The van der Waals surface area contributed by atoms with Crippen molar-refractivity contribution in [3.63, 3.8) is 0 Å². The van der Waals surface area contributed by atoms with E-state index >= 15 is 0 Å². The molecule has 0 aromatic rings. The van der Waals surface area contributed by atoms with Gasteiger partial charge in [0, 0.05) is 24.3 Å². The van der Waals surface area contributed by atoms with E-state index < -0.39 is 23.9 Å². The first-order valence-corrected chi connectivity index (χ1v) is 4.62. The summed E-state index contributed by atoms with van der Waals surface area (Å²) in [5, 5.41) is 23.7. The van der Waals surface area contributed by atoms with Crippen LogP contribution in [0.1, 0.15) is 0 Å². The predicted molar refractivity (Wildman–Crippen MR) is 62.3 cm³/mol. The fourth-order valence-electron chi connectivity index (χ4n) is 0.471. The van der Waals surface area contributed by atoms with Gasteiger partial charge in [-0.25, -0.2) is 19.2 Å². The number of carboxylic acid groups (broad SMARTS) is 3. The van der Waals surface area contributed by atoms with Crippen LogP contribution in [0.25, 0.3) is 0 Å². The second kappa shape index (κ2) is 11.6. The van der Waals surface area contributed by atoms with Gasteiger partial charge < -0.3 is 20.1 Å². The molecule has 0 aliphatic heterocycles. The largest absolute Gasteiger partial charge is 0.478 e. The maximum Gasteiger partial charge on any atom is 0.331 e. The first-order valence-electron chi connectivity index (χ1n) is 4.62. The Hall–Kier alpha value is -2.90. The fraction of sp³-hybridized carbons (Fsp3) is 0.0909. The van der Waals surface area contributed by atoms with Crippen LogP contribution in [0.3, 0.4) is 0 Å². The third-order valence-electron chi connectivity index (χ3n) is 1.07. The maximum absolute atomic E-state index is 10.5. The zero-order chi connectivity index (χ0) is 15.3. The molecular weight excluding hydrogens is 260 g/mol. The van der Waals surface area contributed by atoms with E-state index in [0.29, 0.717) is 18.2 Å². The second-order valence-corrected chi connectivity index (χ2v) is 2.60. The lowest BCUT2D eigenvalue weighted by Gasteiger charge is -1.93. The minimum absolute atomic E-state index is 0.0861. The van der Waals surface area contributed by atoms with E-state index in [9.17, 15) is 19.2 Å². The Morgan fingerprint density at radius 1 is 0.842 bits per heavy atom. The summed E-state index contributed by atoms with van der Waals surface area (Å²) in [5.41, 5.74) is 0. The molecule has 0 rings (SSSR count). The highest BCUT2D eigenvalue weighted by atomic mass is 16.5. The molecule has 0 unspecified atom stereocenters. The average Bonchev–Trinajstić information content (AvgIpc) is 2.32. The Labute approximate surface area is 107 Å². The lowest BCUT2D eigenvalue weighted by molar-refractivity contribution is -0.137. The van der Waals surface area contributed by atoms with Gasteiger partial charge in [-0.3, -0.25) is 0 Å². The zero-order valence-electron chi connectivity index (χ0n) is 9.68. The van der Waals surface area contributed by atoms with Crippen molar-refractivity contribution in [3.8, 4) is 0 Å². The van der Waals surface area contributed by atoms with E-state index in [1.165, 1.54) is 6.08 Å². The third-order valence-corrected chi connectivity index (χ3v) is 1.07. The molecule has 0 bridgehead atoms. The standard InChI is InChI=1S/C7H8O4.C4H4O4/c1-2-5-11-7(10)4-3-6(8)9;5-3(6)1-2-4(7)8/h2-4H,1,5H2,(H,8,9);1-2H,(H,5,6)(H,7,8)/b4-3+;2-1+. The molecule has 0 aliphatic carbocycles. The van der Waals surface area contributed by atoms with Crippen molar-refractivity contribution in [1.82, 2.24) is 0 Å². The van der Waals surface area contributed by atoms with E-state index in [-0.39, 0.29) is 6.61 Å². The van der Waals surface area contributed by atoms with Gasteiger partial charge in [-0.2, -0.15) is 0 Å². The summed E-state index contributed by atoms with van der Waals surface area (Å²) in [7, 11) is 0. The Kier molecular flexibility index (Phi) is 11.3. The fourth-order valence-corrected chi connectivity index (χ4v) is 0.471. The lowest BCUT2D eigenvalue weighted by Crippen LogP contribution is -2.01. The van der Waals surface area contributed by atoms with E-state index in [0.717, 1.165) is 6.08 Å². The molecule has 104 valence electrons. The summed E-state index contributed by atoms with van der Waals surface area (Å²) in [5.74, 6) is -4.38. The van der Waals surface area contributed by atoms with Crippen molar-refractivity contribution >= 4 is 23.9 Å². The van der Waals surface area contributed by atoms with Crippen LogP contribution in [-0.2, 0) is 23.9 Å². The lowest BCUT2D eigenvalue weighted by atomic mass is 10.5. The summed E-state index contributed by atoms with van der Waals surface area (Å²) >= 11 is 0. The Morgan fingerprint density at radius 2 is 1.21 bits per heavy atom. The van der Waals surface area contributed by atoms with Crippen molar-refractivity contribution in [2.24, 2.45) is 0 Å². The highest BCUT2D eigenvalue weighted by Gasteiger charge is 1.94. The van der Waals surface area contributed by atoms with Gasteiger partial charge in [-0.05, 0) is 0 Å². The van der Waals surface area contributed by atoms with Crippen LogP contribution in [0.15, 0.2) is 37.0 Å². The molecule has 0 fully saturated rings. The Morgan fingerprint density at radius 3 is 1.53 bits per heavy atom. The summed E-state index contributed by atoms with van der Waals surface area (Å²) in [6, 6.07) is 0. The summed E-state index contributed by atoms with van der Waals surface area (Å²) < 4.78 is 4.43. The minimum Gasteiger partial charge on any atom is -0.478 e. The molecule has 19 heavy (non-hydrogen) atoms. The average molecular weight is 272 g/mol. The summed E-state index contributed by atoms with van der Waals surface area (Å²) in [6.45, 7) is 3.40. The molecule has 0 saturated carbocycles. The topological polar surface area (TPSA) is 138 Å². The normalized spacial score (nSPS) is 9.47. The molecule has 0 heterocycles. The van der Waals surface area contributed by atoms with Gasteiger partial charge >= 0.3 is 23.9 Å². The van der Waals surface area contributed by atoms with E-state index in [4.69, 9.17) is 15.3 Å². The highest BCUT2D eigenvalue weighted by Crippen LogP contribution is 1.81. The van der Waals surface area contributed by atoms with Gasteiger partial charge in [0.1, 0.15) is 6.61 Å². The number of carbonyl (C=O) groups is 4. The van der Waals surface area contributed by atoms with Crippen molar-refractivity contribution in [2.75, 3.05) is 6.61 Å². The van der Waals surface area contributed by atoms with Crippen LogP contribution in [0.4, 0.5) is 0 Å². The van der Waals surface area contributed by atoms with E-state index in [1.54, 1.807) is 0 Å². The molecule has 0 amide bonds. The first kappa shape index (κ1) is 18.5. The number of hydrogen-bond acceptors (Lipinski definition) is 5. The number of rotatable bonds is 6. The van der Waals surface area contributed by atoms with Gasteiger partial charge in [0.15, 0.2) is 0 Å². The van der Waals surface area contributed by atoms with Crippen molar-refractivity contribution in [3.05, 3.63) is 37.0 Å². The van der Waals surface area contributed by atoms with Crippen LogP contribution < -0.4 is 0 Å². The molecular formula is C11H12O8. The van der Waals surface area contributed by atoms with Crippen LogP contribution in [-0.4, -0.2) is 45.8 Å². The minimum atomic E-state index is -1.26. The second-order valence-electron chi connectivity index (χ2n) is 2.60. The van der Waals surface area contributed by atoms with Gasteiger partial charge in [0.2, 0.25) is 0 Å². The quantitative estimate of drug-likeness (QED) is 0.350. The molecule has 0 aromatic carbocycles. The zero-order valence-corrected chi connectivity index (χ0v) is 9.68. The van der Waals surface area contributed by atoms with Gasteiger partial charge in [-0.15, -0.1) is 0 Å². The van der Waals surface area contributed by atoms with Crippen LogP contribution in [0.5, 0.6) is 0 Å². The van der Waals surface area contributed by atoms with Crippen molar-refractivity contribution < 1.29 is 39.2 Å². The number of hydrogen-bond donors (Lipinski definition) is 3. The third kappa shape index (κ3) is 21.0. The SMILES string of the molecule is C=CCOC(=O)/C=C/C(=O)O.O=C(O)/C=C/C(=O)O. The smallest absolute Gasteiger partial charge is 0.331 e. The van der Waals surface area contributed by atoms with E-state index in [2.05, 4.69) is 11.3 Å². The van der Waals surface area contributed by atoms with Crippen molar-refractivity contribution in [1.29, 1.82) is 0 Å². The van der Waals surface area contributed by atoms with Crippen molar-refractivity contribution in [2.45, 2.75) is 0 Å². The first-order chi connectivity index (χ1) is 8.79. The Bertz CT molecular complexity index is 389. The molecule has 0 radical (unpaired) electrons. The number of ether oxygens (including phenoxy) is 1. The number of carboxylic acids is 3. The molecule has 8 heteroatoms. The summed E-state index contributed by atoms with van der Waals surface area (Å²) in [6.07, 6.45) is 4.06. The Balaban J connectivity index is 0. The number of carbonyl (C=O) groups excluding carboxylic acids is 1. The molecule has 8 nitrogen and oxygen atoms in total. The monoisotopic (exact) mass is 272 g/mol. The van der Waals surface area contributed by atoms with Gasteiger partial charge in [0.25, 0.3) is 0 Å². The van der Waals surface area contributed by atoms with Gasteiger partial charge in [0.05, 0.1) is 0 Å². The van der Waals surface area contributed by atoms with E-state index in [1.807, 2.05) is 0 Å². The molecule has 0 saturated heterocycles. The predicted octanol–water partition coefficient (Wildman–Crippen LogP) is 0.0682. The van der Waals surface area contributed by atoms with Crippen LogP contribution in [0, 0.1) is 0 Å². The summed E-state index contributed by atoms with van der Waals surface area (Å²) in [4.78, 5) is 39.5. The molecule has 0 spiro atoms. The van der Waals surface area contributed by atoms with Crippen LogP contribution >= 0.6 is 0 Å². The van der Waals surface area contributed by atoms with Crippen LogP contribution in [0.2, 0.25) is 0 Å². The molecule has 0 atom stereocenters. The number of esters is 1. The highest BCUT2D eigenvalue weighted by molar-refractivity contribution is 5.90. The molecule has 3 N–H and O–H groups in total. The molecule has 0 aromatic heterocycles. The molecule has 0 aliphatic rings. The number of aliphatic carboxylic acids is 3. The maximum atomic E-state index is 10.5.